The first-order valence-electron chi connectivity index (χ1n) is 5.01. The van der Waals surface area contributed by atoms with Gasteiger partial charge < -0.3 is 4.74 Å². The Labute approximate surface area is 106 Å². The second-order valence-corrected chi connectivity index (χ2v) is 6.35. The first kappa shape index (κ1) is 13.9. The molecule has 17 heavy (non-hydrogen) atoms. The van der Waals surface area contributed by atoms with Gasteiger partial charge in [0.1, 0.15) is 12.4 Å². The summed E-state index contributed by atoms with van der Waals surface area (Å²) < 4.78 is 27.8. The van der Waals surface area contributed by atoms with Gasteiger partial charge in [0.15, 0.2) is 0 Å². The summed E-state index contributed by atoms with van der Waals surface area (Å²) in [5, 5.41) is 0. The highest BCUT2D eigenvalue weighted by Crippen LogP contribution is 2.30. The Morgan fingerprint density at radius 3 is 2.59 bits per heavy atom. The lowest BCUT2D eigenvalue weighted by Gasteiger charge is -2.13. The highest BCUT2D eigenvalue weighted by Gasteiger charge is 2.15. The van der Waals surface area contributed by atoms with Crippen LogP contribution in [0.25, 0.3) is 0 Å². The zero-order chi connectivity index (χ0) is 13.1. The van der Waals surface area contributed by atoms with Crippen LogP contribution in [0.1, 0.15) is 25.3 Å². The Kier molecular flexibility index (Phi) is 4.44. The van der Waals surface area contributed by atoms with E-state index in [1.807, 2.05) is 13.8 Å². The summed E-state index contributed by atoms with van der Waals surface area (Å²) in [6.45, 7) is 4.01. The third-order valence-electron chi connectivity index (χ3n) is 2.20. The van der Waals surface area contributed by atoms with E-state index < -0.39 is 9.05 Å². The minimum atomic E-state index is -3.72. The van der Waals surface area contributed by atoms with E-state index in [9.17, 15) is 8.42 Å². The molecular formula is C12H13ClO3S. The molecule has 3 nitrogen and oxygen atoms in total. The van der Waals surface area contributed by atoms with Crippen molar-refractivity contribution < 1.29 is 13.2 Å². The van der Waals surface area contributed by atoms with Gasteiger partial charge in [-0.25, -0.2) is 8.42 Å². The van der Waals surface area contributed by atoms with Crippen LogP contribution in [0.15, 0.2) is 23.1 Å². The van der Waals surface area contributed by atoms with Crippen molar-refractivity contribution in [3.8, 4) is 18.1 Å². The van der Waals surface area contributed by atoms with E-state index in [1.54, 1.807) is 6.07 Å². The molecule has 0 bridgehead atoms. The molecule has 1 rings (SSSR count). The molecule has 0 atom stereocenters. The SMILES string of the molecule is C#CCOc1ccc(S(=O)(=O)Cl)cc1C(C)C. The molecule has 0 spiro atoms. The second kappa shape index (κ2) is 5.44. The maximum absolute atomic E-state index is 11.2. The maximum atomic E-state index is 11.2. The van der Waals surface area contributed by atoms with E-state index in [2.05, 4.69) is 5.92 Å². The van der Waals surface area contributed by atoms with Crippen molar-refractivity contribution in [1.29, 1.82) is 0 Å². The zero-order valence-corrected chi connectivity index (χ0v) is 11.2. The number of benzene rings is 1. The van der Waals surface area contributed by atoms with Gasteiger partial charge in [0.25, 0.3) is 9.05 Å². The van der Waals surface area contributed by atoms with Crippen molar-refractivity contribution >= 4 is 19.7 Å². The van der Waals surface area contributed by atoms with Gasteiger partial charge in [-0.3, -0.25) is 0 Å². The molecule has 0 heterocycles. The molecule has 0 N–H and O–H groups in total. The number of ether oxygens (including phenoxy) is 1. The molecule has 0 aliphatic carbocycles. The number of terminal acetylenes is 1. The third-order valence-corrected chi connectivity index (χ3v) is 3.55. The Morgan fingerprint density at radius 1 is 1.47 bits per heavy atom. The predicted octanol–water partition coefficient (Wildman–Crippen LogP) is 2.75. The van der Waals surface area contributed by atoms with E-state index in [-0.39, 0.29) is 17.4 Å². The smallest absolute Gasteiger partial charge is 0.261 e. The van der Waals surface area contributed by atoms with E-state index in [1.165, 1.54) is 12.1 Å². The lowest BCUT2D eigenvalue weighted by atomic mass is 10.0. The van der Waals surface area contributed by atoms with Crippen molar-refractivity contribution in [3.05, 3.63) is 23.8 Å². The van der Waals surface area contributed by atoms with Gasteiger partial charge in [0.05, 0.1) is 4.90 Å². The fourth-order valence-corrected chi connectivity index (χ4v) is 2.17. The van der Waals surface area contributed by atoms with Crippen LogP contribution in [-0.2, 0) is 9.05 Å². The summed E-state index contributed by atoms with van der Waals surface area (Å²) in [6.07, 6.45) is 5.11. The fourth-order valence-electron chi connectivity index (χ4n) is 1.38. The van der Waals surface area contributed by atoms with E-state index in [0.717, 1.165) is 5.56 Å². The summed E-state index contributed by atoms with van der Waals surface area (Å²) >= 11 is 0. The molecule has 0 unspecified atom stereocenters. The summed E-state index contributed by atoms with van der Waals surface area (Å²) in [7, 11) is 1.57. The van der Waals surface area contributed by atoms with Crippen molar-refractivity contribution in [3.63, 3.8) is 0 Å². The molecule has 0 saturated carbocycles. The summed E-state index contributed by atoms with van der Waals surface area (Å²) in [6, 6.07) is 4.49. The van der Waals surface area contributed by atoms with Crippen molar-refractivity contribution in [2.24, 2.45) is 0 Å². The Bertz CT molecular complexity index is 541. The van der Waals surface area contributed by atoms with Gasteiger partial charge in [-0.05, 0) is 29.7 Å². The minimum Gasteiger partial charge on any atom is -0.481 e. The number of rotatable bonds is 4. The second-order valence-electron chi connectivity index (χ2n) is 3.78. The van der Waals surface area contributed by atoms with Gasteiger partial charge in [-0.15, -0.1) is 6.42 Å². The highest BCUT2D eigenvalue weighted by atomic mass is 35.7. The average Bonchev–Trinajstić information content (AvgIpc) is 2.24. The lowest BCUT2D eigenvalue weighted by Crippen LogP contribution is -2.01. The van der Waals surface area contributed by atoms with Gasteiger partial charge in [0, 0.05) is 10.7 Å². The first-order chi connectivity index (χ1) is 7.86. The van der Waals surface area contributed by atoms with Gasteiger partial charge in [0.2, 0.25) is 0 Å². The van der Waals surface area contributed by atoms with E-state index in [0.29, 0.717) is 5.75 Å². The first-order valence-corrected chi connectivity index (χ1v) is 7.32. The number of halogens is 1. The number of hydrogen-bond acceptors (Lipinski definition) is 3. The average molecular weight is 273 g/mol. The van der Waals surface area contributed by atoms with Crippen LogP contribution in [0.2, 0.25) is 0 Å². The molecule has 0 amide bonds. The number of hydrogen-bond donors (Lipinski definition) is 0. The monoisotopic (exact) mass is 272 g/mol. The molecular weight excluding hydrogens is 260 g/mol. The molecule has 0 aliphatic heterocycles. The van der Waals surface area contributed by atoms with Crippen LogP contribution >= 0.6 is 10.7 Å². The van der Waals surface area contributed by atoms with Crippen LogP contribution in [0, 0.1) is 12.3 Å². The Hall–Kier alpha value is -1.18. The molecule has 92 valence electrons. The quantitative estimate of drug-likeness (QED) is 0.625. The van der Waals surface area contributed by atoms with Gasteiger partial charge in [-0.1, -0.05) is 19.8 Å². The molecule has 0 aliphatic rings. The van der Waals surface area contributed by atoms with Crippen molar-refractivity contribution in [1.82, 2.24) is 0 Å². The van der Waals surface area contributed by atoms with Crippen LogP contribution < -0.4 is 4.74 Å². The summed E-state index contributed by atoms with van der Waals surface area (Å²) in [5.41, 5.74) is 0.766. The standard InChI is InChI=1S/C12H13ClO3S/c1-4-7-16-12-6-5-10(17(13,14)15)8-11(12)9(2)3/h1,5-6,8-9H,7H2,2-3H3. The van der Waals surface area contributed by atoms with Gasteiger partial charge >= 0.3 is 0 Å². The molecule has 0 aromatic heterocycles. The molecule has 1 aromatic carbocycles. The zero-order valence-electron chi connectivity index (χ0n) is 9.60. The largest absolute Gasteiger partial charge is 0.481 e. The third kappa shape index (κ3) is 3.65. The lowest BCUT2D eigenvalue weighted by molar-refractivity contribution is 0.364. The maximum Gasteiger partial charge on any atom is 0.261 e. The minimum absolute atomic E-state index is 0.0657. The van der Waals surface area contributed by atoms with Crippen LogP contribution in [-0.4, -0.2) is 15.0 Å². The van der Waals surface area contributed by atoms with E-state index in [4.69, 9.17) is 21.8 Å². The molecule has 0 saturated heterocycles. The topological polar surface area (TPSA) is 43.4 Å². The molecule has 0 radical (unpaired) electrons. The Morgan fingerprint density at radius 2 is 2.12 bits per heavy atom. The van der Waals surface area contributed by atoms with Crippen LogP contribution in [0.4, 0.5) is 0 Å². The normalized spacial score (nSPS) is 11.2. The fraction of sp³-hybridized carbons (Fsp3) is 0.333. The summed E-state index contributed by atoms with van der Waals surface area (Å²) in [5.74, 6) is 3.06. The molecule has 1 aromatic rings. The Balaban J connectivity index is 3.23. The van der Waals surface area contributed by atoms with Crippen molar-refractivity contribution in [2.75, 3.05) is 6.61 Å². The van der Waals surface area contributed by atoms with Gasteiger partial charge in [-0.2, -0.15) is 0 Å². The summed E-state index contributed by atoms with van der Waals surface area (Å²) in [4.78, 5) is 0.0657. The molecule has 5 heteroatoms. The van der Waals surface area contributed by atoms with Crippen molar-refractivity contribution in [2.45, 2.75) is 24.7 Å². The van der Waals surface area contributed by atoms with E-state index >= 15 is 0 Å². The highest BCUT2D eigenvalue weighted by molar-refractivity contribution is 8.13. The van der Waals surface area contributed by atoms with Crippen LogP contribution in [0.5, 0.6) is 5.75 Å². The predicted molar refractivity (Wildman–Crippen MR) is 67.9 cm³/mol. The van der Waals surface area contributed by atoms with Crippen LogP contribution in [0.3, 0.4) is 0 Å². The molecule has 0 fully saturated rings.